The summed E-state index contributed by atoms with van der Waals surface area (Å²) in [4.78, 5) is 0. The van der Waals surface area contributed by atoms with Crippen LogP contribution in [0.15, 0.2) is 16.6 Å². The fourth-order valence-corrected chi connectivity index (χ4v) is 3.06. The van der Waals surface area contributed by atoms with Crippen LogP contribution in [-0.4, -0.2) is 0 Å². The second kappa shape index (κ2) is 6.80. The summed E-state index contributed by atoms with van der Waals surface area (Å²) in [5, 5.41) is 0. The standard InChI is InChI=1S/C15H22BrCl/c1-5-11(4)14-7-13(9-17)12(6-10(2)3)8-15(14)16/h7-8,10-11H,5-6,9H2,1-4H3. The summed E-state index contributed by atoms with van der Waals surface area (Å²) in [6, 6.07) is 4.54. The number of halogens is 2. The molecule has 1 rings (SSSR count). The lowest BCUT2D eigenvalue weighted by Gasteiger charge is -2.17. The zero-order valence-corrected chi connectivity index (χ0v) is 13.5. The molecular weight excluding hydrogens is 296 g/mol. The molecule has 96 valence electrons. The largest absolute Gasteiger partial charge is 0.122 e. The van der Waals surface area contributed by atoms with Crippen LogP contribution in [-0.2, 0) is 12.3 Å². The third kappa shape index (κ3) is 3.99. The van der Waals surface area contributed by atoms with Crippen molar-refractivity contribution in [2.24, 2.45) is 5.92 Å². The molecule has 17 heavy (non-hydrogen) atoms. The topological polar surface area (TPSA) is 0 Å². The van der Waals surface area contributed by atoms with Crippen LogP contribution in [0.5, 0.6) is 0 Å². The lowest BCUT2D eigenvalue weighted by atomic mass is 9.92. The Morgan fingerprint density at radius 2 is 1.82 bits per heavy atom. The summed E-state index contributed by atoms with van der Waals surface area (Å²) < 4.78 is 1.23. The maximum absolute atomic E-state index is 6.07. The van der Waals surface area contributed by atoms with Gasteiger partial charge in [0.25, 0.3) is 0 Å². The smallest absolute Gasteiger partial charge is 0.0476 e. The molecule has 0 saturated heterocycles. The summed E-state index contributed by atoms with van der Waals surface area (Å²) in [6.07, 6.45) is 2.26. The van der Waals surface area contributed by atoms with E-state index in [4.69, 9.17) is 11.6 Å². The average Bonchev–Trinajstić information content (AvgIpc) is 2.27. The Bertz CT molecular complexity index is 371. The molecule has 1 atom stereocenters. The minimum atomic E-state index is 0.583. The predicted octanol–water partition coefficient (Wildman–Crippen LogP) is 5.90. The Morgan fingerprint density at radius 1 is 1.18 bits per heavy atom. The third-order valence-corrected chi connectivity index (χ3v) is 4.21. The molecule has 0 radical (unpaired) electrons. The predicted molar refractivity (Wildman–Crippen MR) is 80.9 cm³/mol. The Hall–Kier alpha value is -0.0100. The van der Waals surface area contributed by atoms with Gasteiger partial charge < -0.3 is 0 Å². The van der Waals surface area contributed by atoms with Gasteiger partial charge in [0.15, 0.2) is 0 Å². The second-order valence-corrected chi connectivity index (χ2v) is 6.30. The monoisotopic (exact) mass is 316 g/mol. The maximum Gasteiger partial charge on any atom is 0.0476 e. The first-order chi connectivity index (χ1) is 7.99. The maximum atomic E-state index is 6.07. The quantitative estimate of drug-likeness (QED) is 0.593. The Labute approximate surface area is 119 Å². The zero-order valence-electron chi connectivity index (χ0n) is 11.2. The van der Waals surface area contributed by atoms with E-state index in [1.54, 1.807) is 0 Å². The lowest BCUT2D eigenvalue weighted by Crippen LogP contribution is -2.02. The van der Waals surface area contributed by atoms with Gasteiger partial charge in [-0.05, 0) is 47.4 Å². The van der Waals surface area contributed by atoms with E-state index in [0.717, 1.165) is 12.8 Å². The van der Waals surface area contributed by atoms with Crippen molar-refractivity contribution in [1.29, 1.82) is 0 Å². The van der Waals surface area contributed by atoms with E-state index in [-0.39, 0.29) is 0 Å². The van der Waals surface area contributed by atoms with E-state index in [2.05, 4.69) is 55.8 Å². The Morgan fingerprint density at radius 3 is 2.29 bits per heavy atom. The molecule has 0 aliphatic carbocycles. The highest BCUT2D eigenvalue weighted by Gasteiger charge is 2.12. The highest BCUT2D eigenvalue weighted by atomic mass is 79.9. The first-order valence-electron chi connectivity index (χ1n) is 6.36. The minimum absolute atomic E-state index is 0.583. The van der Waals surface area contributed by atoms with Gasteiger partial charge in [-0.25, -0.2) is 0 Å². The summed E-state index contributed by atoms with van der Waals surface area (Å²) in [6.45, 7) is 8.97. The number of hydrogen-bond acceptors (Lipinski definition) is 0. The molecule has 2 heteroatoms. The van der Waals surface area contributed by atoms with Gasteiger partial charge in [0.05, 0.1) is 0 Å². The van der Waals surface area contributed by atoms with E-state index in [1.807, 2.05) is 0 Å². The van der Waals surface area contributed by atoms with E-state index >= 15 is 0 Å². The highest BCUT2D eigenvalue weighted by molar-refractivity contribution is 9.10. The molecule has 0 fully saturated rings. The van der Waals surface area contributed by atoms with Crippen LogP contribution in [0.2, 0.25) is 0 Å². The number of rotatable bonds is 5. The van der Waals surface area contributed by atoms with Gasteiger partial charge in [0, 0.05) is 10.4 Å². The molecule has 0 aliphatic rings. The van der Waals surface area contributed by atoms with Crippen LogP contribution in [0, 0.1) is 5.92 Å². The van der Waals surface area contributed by atoms with E-state index in [9.17, 15) is 0 Å². The first kappa shape index (κ1) is 15.0. The fourth-order valence-electron chi connectivity index (χ4n) is 2.03. The van der Waals surface area contributed by atoms with Crippen molar-refractivity contribution in [2.45, 2.75) is 52.3 Å². The van der Waals surface area contributed by atoms with E-state index < -0.39 is 0 Å². The van der Waals surface area contributed by atoms with Gasteiger partial charge in [-0.15, -0.1) is 11.6 Å². The molecule has 0 saturated carbocycles. The van der Waals surface area contributed by atoms with Crippen LogP contribution in [0.25, 0.3) is 0 Å². The molecule has 0 spiro atoms. The van der Waals surface area contributed by atoms with Crippen molar-refractivity contribution in [2.75, 3.05) is 0 Å². The van der Waals surface area contributed by atoms with Crippen molar-refractivity contribution in [3.8, 4) is 0 Å². The molecule has 0 nitrogen and oxygen atoms in total. The van der Waals surface area contributed by atoms with Gasteiger partial charge in [-0.2, -0.15) is 0 Å². The zero-order chi connectivity index (χ0) is 13.0. The summed E-state index contributed by atoms with van der Waals surface area (Å²) >= 11 is 9.77. The molecule has 0 aliphatic heterocycles. The van der Waals surface area contributed by atoms with Crippen LogP contribution < -0.4 is 0 Å². The van der Waals surface area contributed by atoms with Crippen LogP contribution >= 0.6 is 27.5 Å². The first-order valence-corrected chi connectivity index (χ1v) is 7.69. The van der Waals surface area contributed by atoms with Crippen molar-refractivity contribution in [3.05, 3.63) is 33.3 Å². The number of benzene rings is 1. The molecule has 0 heterocycles. The Kier molecular flexibility index (Phi) is 6.02. The summed E-state index contributed by atoms with van der Waals surface area (Å²) in [7, 11) is 0. The van der Waals surface area contributed by atoms with Gasteiger partial charge in [-0.3, -0.25) is 0 Å². The SMILES string of the molecule is CCC(C)c1cc(CCl)c(CC(C)C)cc1Br. The molecule has 1 aromatic carbocycles. The number of hydrogen-bond donors (Lipinski definition) is 0. The van der Waals surface area contributed by atoms with Crippen LogP contribution in [0.1, 0.15) is 56.7 Å². The molecule has 1 aromatic rings. The van der Waals surface area contributed by atoms with Gasteiger partial charge in [-0.1, -0.05) is 49.7 Å². The minimum Gasteiger partial charge on any atom is -0.122 e. The Balaban J connectivity index is 3.14. The third-order valence-electron chi connectivity index (χ3n) is 3.23. The van der Waals surface area contributed by atoms with Crippen molar-refractivity contribution in [1.82, 2.24) is 0 Å². The molecule has 0 aromatic heterocycles. The molecule has 0 bridgehead atoms. The van der Waals surface area contributed by atoms with Gasteiger partial charge in [0.2, 0.25) is 0 Å². The molecular formula is C15H22BrCl. The van der Waals surface area contributed by atoms with Crippen molar-refractivity contribution >= 4 is 27.5 Å². The average molecular weight is 318 g/mol. The van der Waals surface area contributed by atoms with Crippen LogP contribution in [0.3, 0.4) is 0 Å². The fraction of sp³-hybridized carbons (Fsp3) is 0.600. The number of alkyl halides is 1. The van der Waals surface area contributed by atoms with Crippen LogP contribution in [0.4, 0.5) is 0 Å². The van der Waals surface area contributed by atoms with Gasteiger partial charge in [0.1, 0.15) is 0 Å². The molecule has 0 N–H and O–H groups in total. The van der Waals surface area contributed by atoms with Gasteiger partial charge >= 0.3 is 0 Å². The highest BCUT2D eigenvalue weighted by Crippen LogP contribution is 2.31. The second-order valence-electron chi connectivity index (χ2n) is 5.18. The normalized spacial score (nSPS) is 13.1. The molecule has 1 unspecified atom stereocenters. The lowest BCUT2D eigenvalue weighted by molar-refractivity contribution is 0.643. The van der Waals surface area contributed by atoms with Crippen molar-refractivity contribution < 1.29 is 0 Å². The van der Waals surface area contributed by atoms with E-state index in [1.165, 1.54) is 21.2 Å². The van der Waals surface area contributed by atoms with E-state index in [0.29, 0.717) is 17.7 Å². The molecule has 0 amide bonds. The summed E-state index contributed by atoms with van der Waals surface area (Å²) in [5.74, 6) is 1.86. The summed E-state index contributed by atoms with van der Waals surface area (Å²) in [5.41, 5.74) is 4.06. The van der Waals surface area contributed by atoms with Crippen molar-refractivity contribution in [3.63, 3.8) is 0 Å².